The van der Waals surface area contributed by atoms with Gasteiger partial charge < -0.3 is 4.42 Å². The summed E-state index contributed by atoms with van der Waals surface area (Å²) in [6.07, 6.45) is 13.1. The molecule has 0 amide bonds. The molecule has 0 spiro atoms. The summed E-state index contributed by atoms with van der Waals surface area (Å²) in [4.78, 5) is 4.58. The SMILES string of the molecule is N#CNC(C=Cc1ccco1)=NC1CCCCC1. The highest BCUT2D eigenvalue weighted by molar-refractivity contribution is 5.97. The summed E-state index contributed by atoms with van der Waals surface area (Å²) in [5.41, 5.74) is 0. The second kappa shape index (κ2) is 6.65. The predicted octanol–water partition coefficient (Wildman–Crippen LogP) is 3.09. The second-order valence-corrected chi connectivity index (χ2v) is 4.39. The van der Waals surface area contributed by atoms with E-state index >= 15 is 0 Å². The van der Waals surface area contributed by atoms with Crippen molar-refractivity contribution < 1.29 is 4.42 Å². The van der Waals surface area contributed by atoms with Gasteiger partial charge in [-0.25, -0.2) is 0 Å². The van der Waals surface area contributed by atoms with Gasteiger partial charge in [-0.3, -0.25) is 10.3 Å². The summed E-state index contributed by atoms with van der Waals surface area (Å²) in [6.45, 7) is 0. The maximum Gasteiger partial charge on any atom is 0.182 e. The molecule has 2 rings (SSSR count). The maximum absolute atomic E-state index is 8.72. The van der Waals surface area contributed by atoms with Crippen LogP contribution in [0.4, 0.5) is 0 Å². The molecule has 1 saturated carbocycles. The van der Waals surface area contributed by atoms with Gasteiger partial charge >= 0.3 is 0 Å². The molecule has 4 nitrogen and oxygen atoms in total. The molecule has 4 heteroatoms. The van der Waals surface area contributed by atoms with Gasteiger partial charge in [0.25, 0.3) is 0 Å². The molecule has 18 heavy (non-hydrogen) atoms. The Morgan fingerprint density at radius 2 is 2.28 bits per heavy atom. The van der Waals surface area contributed by atoms with E-state index in [1.807, 2.05) is 24.4 Å². The summed E-state index contributed by atoms with van der Waals surface area (Å²) in [7, 11) is 0. The molecule has 1 aromatic heterocycles. The highest BCUT2D eigenvalue weighted by Crippen LogP contribution is 2.20. The molecule has 1 aliphatic carbocycles. The Balaban J connectivity index is 2.02. The monoisotopic (exact) mass is 243 g/mol. The zero-order valence-corrected chi connectivity index (χ0v) is 10.3. The van der Waals surface area contributed by atoms with Gasteiger partial charge in [-0.1, -0.05) is 19.3 Å². The molecule has 0 aliphatic heterocycles. The van der Waals surface area contributed by atoms with Crippen LogP contribution in [0.2, 0.25) is 0 Å². The number of aliphatic imine (C=N–C) groups is 1. The van der Waals surface area contributed by atoms with E-state index in [0.717, 1.165) is 18.6 Å². The third kappa shape index (κ3) is 3.77. The van der Waals surface area contributed by atoms with E-state index in [2.05, 4.69) is 10.3 Å². The summed E-state index contributed by atoms with van der Waals surface area (Å²) in [5, 5.41) is 11.3. The average Bonchev–Trinajstić information content (AvgIpc) is 2.91. The standard InChI is InChI=1S/C14H17N3O/c15-11-16-14(9-8-13-7-4-10-18-13)17-12-5-2-1-3-6-12/h4,7-10,12H,1-3,5-6H2,(H,16,17). The summed E-state index contributed by atoms with van der Waals surface area (Å²) < 4.78 is 5.20. The van der Waals surface area contributed by atoms with Gasteiger partial charge in [-0.15, -0.1) is 0 Å². The number of hydrogen-bond acceptors (Lipinski definition) is 3. The number of nitrogens with zero attached hydrogens (tertiary/aromatic N) is 2. The highest BCUT2D eigenvalue weighted by Gasteiger charge is 2.12. The molecule has 1 aromatic rings. The van der Waals surface area contributed by atoms with E-state index in [-0.39, 0.29) is 0 Å². The lowest BCUT2D eigenvalue weighted by atomic mass is 9.96. The van der Waals surface area contributed by atoms with Gasteiger partial charge in [0.1, 0.15) is 11.6 Å². The van der Waals surface area contributed by atoms with Gasteiger partial charge in [0, 0.05) is 0 Å². The van der Waals surface area contributed by atoms with E-state index in [4.69, 9.17) is 9.68 Å². The third-order valence-electron chi connectivity index (χ3n) is 3.03. The molecular weight excluding hydrogens is 226 g/mol. The van der Waals surface area contributed by atoms with Crippen molar-refractivity contribution in [1.82, 2.24) is 5.32 Å². The van der Waals surface area contributed by atoms with E-state index in [0.29, 0.717) is 11.9 Å². The Kier molecular flexibility index (Phi) is 4.60. The van der Waals surface area contributed by atoms with Crippen LogP contribution >= 0.6 is 0 Å². The number of amidine groups is 1. The summed E-state index contributed by atoms with van der Waals surface area (Å²) >= 11 is 0. The van der Waals surface area contributed by atoms with Crippen molar-refractivity contribution in [2.75, 3.05) is 0 Å². The van der Waals surface area contributed by atoms with E-state index in [1.54, 1.807) is 12.3 Å². The van der Waals surface area contributed by atoms with Crippen molar-refractivity contribution in [3.8, 4) is 6.19 Å². The molecule has 0 unspecified atom stereocenters. The zero-order chi connectivity index (χ0) is 12.6. The number of nitrogens with one attached hydrogen (secondary N) is 1. The average molecular weight is 243 g/mol. The summed E-state index contributed by atoms with van der Waals surface area (Å²) in [5.74, 6) is 1.37. The van der Waals surface area contributed by atoms with E-state index in [9.17, 15) is 0 Å². The Hall–Kier alpha value is -2.02. The first-order chi connectivity index (χ1) is 8.88. The second-order valence-electron chi connectivity index (χ2n) is 4.39. The van der Waals surface area contributed by atoms with Crippen molar-refractivity contribution in [3.63, 3.8) is 0 Å². The quantitative estimate of drug-likeness (QED) is 0.384. The van der Waals surface area contributed by atoms with Crippen LogP contribution in [0.3, 0.4) is 0 Å². The summed E-state index contributed by atoms with van der Waals surface area (Å²) in [6, 6.07) is 4.03. The van der Waals surface area contributed by atoms with Crippen LogP contribution < -0.4 is 5.32 Å². The first kappa shape index (κ1) is 12.4. The number of rotatable bonds is 3. The fraction of sp³-hybridized carbons (Fsp3) is 0.429. The highest BCUT2D eigenvalue weighted by atomic mass is 16.3. The van der Waals surface area contributed by atoms with Gasteiger partial charge in [0.05, 0.1) is 12.3 Å². The molecular formula is C14H17N3O. The fourth-order valence-electron chi connectivity index (χ4n) is 2.13. The normalized spacial score (nSPS) is 17.8. The van der Waals surface area contributed by atoms with Crippen LogP contribution in [0.1, 0.15) is 37.9 Å². The van der Waals surface area contributed by atoms with Crippen LogP contribution in [-0.2, 0) is 0 Å². The predicted molar refractivity (Wildman–Crippen MR) is 70.8 cm³/mol. The molecule has 0 saturated heterocycles. The molecule has 0 radical (unpaired) electrons. The Morgan fingerprint density at radius 1 is 1.44 bits per heavy atom. The van der Waals surface area contributed by atoms with Gasteiger partial charge in [-0.05, 0) is 37.1 Å². The van der Waals surface area contributed by atoms with Crippen LogP contribution in [0, 0.1) is 11.5 Å². The molecule has 1 N–H and O–H groups in total. The van der Waals surface area contributed by atoms with Crippen LogP contribution in [-0.4, -0.2) is 11.9 Å². The van der Waals surface area contributed by atoms with Crippen LogP contribution in [0.25, 0.3) is 6.08 Å². The van der Waals surface area contributed by atoms with Crippen molar-refractivity contribution in [2.24, 2.45) is 4.99 Å². The van der Waals surface area contributed by atoms with Crippen molar-refractivity contribution in [3.05, 3.63) is 30.2 Å². The Morgan fingerprint density at radius 3 is 2.94 bits per heavy atom. The number of nitriles is 1. The van der Waals surface area contributed by atoms with Crippen molar-refractivity contribution >= 4 is 11.9 Å². The smallest absolute Gasteiger partial charge is 0.182 e. The molecule has 0 atom stereocenters. The minimum Gasteiger partial charge on any atom is -0.465 e. The van der Waals surface area contributed by atoms with E-state index in [1.165, 1.54) is 19.3 Å². The minimum absolute atomic E-state index is 0.343. The fourth-order valence-corrected chi connectivity index (χ4v) is 2.13. The zero-order valence-electron chi connectivity index (χ0n) is 10.3. The maximum atomic E-state index is 8.72. The molecule has 1 heterocycles. The van der Waals surface area contributed by atoms with Crippen LogP contribution in [0.15, 0.2) is 33.9 Å². The molecule has 1 fully saturated rings. The lowest BCUT2D eigenvalue weighted by molar-refractivity contribution is 0.443. The molecule has 0 aromatic carbocycles. The Labute approximate surface area is 107 Å². The lowest BCUT2D eigenvalue weighted by Crippen LogP contribution is -2.20. The van der Waals surface area contributed by atoms with Crippen LogP contribution in [0.5, 0.6) is 0 Å². The Bertz CT molecular complexity index is 448. The molecule has 0 bridgehead atoms. The first-order valence-corrected chi connectivity index (χ1v) is 6.33. The third-order valence-corrected chi connectivity index (χ3v) is 3.03. The number of furan rings is 1. The number of hydrogen-bond donors (Lipinski definition) is 1. The van der Waals surface area contributed by atoms with Gasteiger partial charge in [-0.2, -0.15) is 5.26 Å². The minimum atomic E-state index is 0.343. The van der Waals surface area contributed by atoms with Crippen molar-refractivity contribution in [2.45, 2.75) is 38.1 Å². The van der Waals surface area contributed by atoms with Crippen molar-refractivity contribution in [1.29, 1.82) is 5.26 Å². The largest absolute Gasteiger partial charge is 0.465 e. The molecule has 1 aliphatic rings. The van der Waals surface area contributed by atoms with Gasteiger partial charge in [0.2, 0.25) is 0 Å². The molecule has 94 valence electrons. The first-order valence-electron chi connectivity index (χ1n) is 6.33. The topological polar surface area (TPSA) is 61.3 Å². The van der Waals surface area contributed by atoms with E-state index < -0.39 is 0 Å². The van der Waals surface area contributed by atoms with Gasteiger partial charge in [0.15, 0.2) is 6.19 Å². The lowest BCUT2D eigenvalue weighted by Gasteiger charge is -2.18.